The van der Waals surface area contributed by atoms with Gasteiger partial charge in [0.25, 0.3) is 0 Å². The van der Waals surface area contributed by atoms with E-state index < -0.39 is 0 Å². The van der Waals surface area contributed by atoms with Crippen LogP contribution in [0, 0.1) is 5.92 Å². The summed E-state index contributed by atoms with van der Waals surface area (Å²) in [5.74, 6) is 1.11. The summed E-state index contributed by atoms with van der Waals surface area (Å²) in [6.07, 6.45) is 4.13. The van der Waals surface area contributed by atoms with E-state index in [0.29, 0.717) is 23.3 Å². The Morgan fingerprint density at radius 3 is 2.94 bits per heavy atom. The third-order valence-electron chi connectivity index (χ3n) is 3.65. The predicted molar refractivity (Wildman–Crippen MR) is 73.0 cm³/mol. The Balaban J connectivity index is 2.21. The molecule has 0 radical (unpaired) electrons. The largest absolute Gasteiger partial charge is 0.383 e. The number of alkyl halides is 1. The van der Waals surface area contributed by atoms with Gasteiger partial charge in [0.05, 0.1) is 30.1 Å². The van der Waals surface area contributed by atoms with Crippen LogP contribution in [0.2, 0.25) is 5.02 Å². The molecule has 3 unspecified atom stereocenters. The van der Waals surface area contributed by atoms with Gasteiger partial charge in [-0.2, -0.15) is 5.10 Å². The molecule has 0 spiro atoms. The van der Waals surface area contributed by atoms with Crippen molar-refractivity contribution in [1.82, 2.24) is 9.78 Å². The summed E-state index contributed by atoms with van der Waals surface area (Å²) >= 11 is 10.0. The number of methoxy groups -OCH3 is 1. The van der Waals surface area contributed by atoms with Crippen molar-refractivity contribution in [3.05, 3.63) is 16.9 Å². The van der Waals surface area contributed by atoms with Crippen molar-refractivity contribution >= 4 is 27.5 Å². The molecule has 96 valence electrons. The topological polar surface area (TPSA) is 27.1 Å². The Labute approximate surface area is 116 Å². The van der Waals surface area contributed by atoms with Crippen molar-refractivity contribution in [3.8, 4) is 0 Å². The maximum absolute atomic E-state index is 6.28. The molecule has 1 aromatic heterocycles. The maximum atomic E-state index is 6.28. The fourth-order valence-corrected chi connectivity index (χ4v) is 3.51. The molecule has 1 saturated carbocycles. The molecule has 1 aliphatic rings. The average molecular weight is 322 g/mol. The van der Waals surface area contributed by atoms with Gasteiger partial charge in [-0.3, -0.25) is 4.68 Å². The van der Waals surface area contributed by atoms with Crippen LogP contribution in [0.5, 0.6) is 0 Å². The van der Waals surface area contributed by atoms with Gasteiger partial charge in [0.15, 0.2) is 0 Å². The molecule has 1 fully saturated rings. The van der Waals surface area contributed by atoms with Crippen molar-refractivity contribution in [2.24, 2.45) is 5.92 Å². The van der Waals surface area contributed by atoms with E-state index >= 15 is 0 Å². The van der Waals surface area contributed by atoms with E-state index in [2.05, 4.69) is 28.0 Å². The Morgan fingerprint density at radius 2 is 2.35 bits per heavy atom. The SMILES string of the molecule is COCCn1ncc(Cl)c1C1CCC(Br)C1C. The molecule has 2 rings (SSSR count). The molecule has 0 aliphatic heterocycles. The number of hydrogen-bond donors (Lipinski definition) is 0. The van der Waals surface area contributed by atoms with Crippen molar-refractivity contribution in [2.45, 2.75) is 37.1 Å². The maximum Gasteiger partial charge on any atom is 0.0820 e. The zero-order chi connectivity index (χ0) is 12.4. The Morgan fingerprint density at radius 1 is 1.59 bits per heavy atom. The molecule has 0 amide bonds. The summed E-state index contributed by atoms with van der Waals surface area (Å²) in [7, 11) is 1.71. The first-order chi connectivity index (χ1) is 8.15. The highest BCUT2D eigenvalue weighted by atomic mass is 79.9. The van der Waals surface area contributed by atoms with Crippen LogP contribution >= 0.6 is 27.5 Å². The fraction of sp³-hybridized carbons (Fsp3) is 0.750. The molecule has 0 N–H and O–H groups in total. The van der Waals surface area contributed by atoms with Crippen LogP contribution in [0.4, 0.5) is 0 Å². The first kappa shape index (κ1) is 13.4. The minimum absolute atomic E-state index is 0.506. The lowest BCUT2D eigenvalue weighted by atomic mass is 9.94. The van der Waals surface area contributed by atoms with Gasteiger partial charge >= 0.3 is 0 Å². The van der Waals surface area contributed by atoms with Crippen molar-refractivity contribution in [3.63, 3.8) is 0 Å². The number of ether oxygens (including phenoxy) is 1. The second-order valence-electron chi connectivity index (χ2n) is 4.65. The van der Waals surface area contributed by atoms with Gasteiger partial charge in [-0.05, 0) is 18.8 Å². The number of halogens is 2. The van der Waals surface area contributed by atoms with Gasteiger partial charge < -0.3 is 4.74 Å². The number of rotatable bonds is 4. The first-order valence-corrected chi connectivity index (χ1v) is 7.28. The van der Waals surface area contributed by atoms with E-state index in [1.807, 2.05) is 4.68 Å². The minimum atomic E-state index is 0.506. The van der Waals surface area contributed by atoms with Crippen molar-refractivity contribution in [2.75, 3.05) is 13.7 Å². The Hall–Kier alpha value is -0.0600. The highest BCUT2D eigenvalue weighted by Crippen LogP contribution is 2.44. The lowest BCUT2D eigenvalue weighted by Gasteiger charge is -2.19. The normalized spacial score (nSPS) is 28.8. The van der Waals surface area contributed by atoms with Crippen LogP contribution in [0.1, 0.15) is 31.4 Å². The van der Waals surface area contributed by atoms with Crippen molar-refractivity contribution < 1.29 is 4.74 Å². The molecule has 0 saturated heterocycles. The van der Waals surface area contributed by atoms with Gasteiger partial charge in [-0.25, -0.2) is 0 Å². The second-order valence-corrected chi connectivity index (χ2v) is 6.24. The number of hydrogen-bond acceptors (Lipinski definition) is 2. The van der Waals surface area contributed by atoms with E-state index in [0.717, 1.165) is 11.6 Å². The van der Waals surface area contributed by atoms with Gasteiger partial charge in [0.1, 0.15) is 0 Å². The molecule has 5 heteroatoms. The molecular formula is C12H18BrClN2O. The van der Waals surface area contributed by atoms with E-state index in [9.17, 15) is 0 Å². The highest BCUT2D eigenvalue weighted by Gasteiger charge is 2.35. The minimum Gasteiger partial charge on any atom is -0.383 e. The number of nitrogens with zero attached hydrogens (tertiary/aromatic N) is 2. The lowest BCUT2D eigenvalue weighted by Crippen LogP contribution is -2.16. The van der Waals surface area contributed by atoms with Crippen LogP contribution in [-0.2, 0) is 11.3 Å². The molecule has 3 nitrogen and oxygen atoms in total. The highest BCUT2D eigenvalue weighted by molar-refractivity contribution is 9.09. The third kappa shape index (κ3) is 2.69. The third-order valence-corrected chi connectivity index (χ3v) is 5.23. The monoisotopic (exact) mass is 320 g/mol. The van der Waals surface area contributed by atoms with Gasteiger partial charge in [0, 0.05) is 17.9 Å². The van der Waals surface area contributed by atoms with Crippen LogP contribution in [0.3, 0.4) is 0 Å². The van der Waals surface area contributed by atoms with Gasteiger partial charge in [-0.1, -0.05) is 34.5 Å². The Bertz CT molecular complexity index is 383. The van der Waals surface area contributed by atoms with E-state index in [1.54, 1.807) is 13.3 Å². The molecule has 3 atom stereocenters. The summed E-state index contributed by atoms with van der Waals surface area (Å²) in [6.45, 7) is 3.72. The van der Waals surface area contributed by atoms with E-state index in [-0.39, 0.29) is 0 Å². The van der Waals surface area contributed by atoms with Crippen LogP contribution in [-0.4, -0.2) is 28.3 Å². The first-order valence-electron chi connectivity index (χ1n) is 5.99. The smallest absolute Gasteiger partial charge is 0.0820 e. The summed E-state index contributed by atoms with van der Waals surface area (Å²) in [5, 5.41) is 5.14. The summed E-state index contributed by atoms with van der Waals surface area (Å²) in [6, 6.07) is 0. The zero-order valence-corrected chi connectivity index (χ0v) is 12.5. The predicted octanol–water partition coefficient (Wildman–Crippen LogP) is 3.46. The summed E-state index contributed by atoms with van der Waals surface area (Å²) in [5.41, 5.74) is 1.18. The van der Waals surface area contributed by atoms with Crippen LogP contribution in [0.25, 0.3) is 0 Å². The van der Waals surface area contributed by atoms with Gasteiger partial charge in [-0.15, -0.1) is 0 Å². The summed E-state index contributed by atoms with van der Waals surface area (Å²) < 4.78 is 7.11. The van der Waals surface area contributed by atoms with Gasteiger partial charge in [0.2, 0.25) is 0 Å². The lowest BCUT2D eigenvalue weighted by molar-refractivity contribution is 0.181. The van der Waals surface area contributed by atoms with E-state index in [1.165, 1.54) is 18.5 Å². The quantitative estimate of drug-likeness (QED) is 0.794. The standard InChI is InChI=1S/C12H18BrClN2O/c1-8-9(3-4-10(8)13)12-11(14)7-15-16(12)5-6-17-2/h7-10H,3-6H2,1-2H3. The Kier molecular flexibility index (Phi) is 4.50. The molecule has 0 bridgehead atoms. The average Bonchev–Trinajstić information content (AvgIpc) is 2.82. The molecule has 1 heterocycles. The van der Waals surface area contributed by atoms with Crippen LogP contribution in [0.15, 0.2) is 6.20 Å². The molecule has 0 aromatic carbocycles. The number of aromatic nitrogens is 2. The fourth-order valence-electron chi connectivity index (χ4n) is 2.60. The zero-order valence-electron chi connectivity index (χ0n) is 10.2. The molecular weight excluding hydrogens is 304 g/mol. The second kappa shape index (κ2) is 5.72. The van der Waals surface area contributed by atoms with Crippen molar-refractivity contribution in [1.29, 1.82) is 0 Å². The molecule has 17 heavy (non-hydrogen) atoms. The van der Waals surface area contributed by atoms with Crippen LogP contribution < -0.4 is 0 Å². The van der Waals surface area contributed by atoms with E-state index in [4.69, 9.17) is 16.3 Å². The molecule has 1 aromatic rings. The molecule has 1 aliphatic carbocycles. The summed E-state index contributed by atoms with van der Waals surface area (Å²) in [4.78, 5) is 0.592.